The van der Waals surface area contributed by atoms with Crippen LogP contribution in [0.2, 0.25) is 0 Å². The van der Waals surface area contributed by atoms with E-state index in [0.29, 0.717) is 63.1 Å². The van der Waals surface area contributed by atoms with Crippen molar-refractivity contribution in [3.8, 4) is 11.3 Å². The fourth-order valence-electron chi connectivity index (χ4n) is 10.1. The van der Waals surface area contributed by atoms with Crippen molar-refractivity contribution in [1.82, 2.24) is 30.2 Å². The van der Waals surface area contributed by atoms with Crippen LogP contribution in [-0.2, 0) is 46.3 Å². The molecule has 3 aromatic rings. The summed E-state index contributed by atoms with van der Waals surface area (Å²) in [5.74, 6) is 0.755. The maximum Gasteiger partial charge on any atom is 0.293 e. The molecule has 2 aliphatic carbocycles. The highest BCUT2D eigenvalue weighted by molar-refractivity contribution is 8.14. The molecule has 5 aliphatic rings. The number of hydrazine groups is 1. The third-order valence-corrected chi connectivity index (χ3v) is 15.8. The van der Waals surface area contributed by atoms with E-state index in [4.69, 9.17) is 28.9 Å². The summed E-state index contributed by atoms with van der Waals surface area (Å²) in [6, 6.07) is 7.87. The number of ether oxygens (including phenoxy) is 4. The van der Waals surface area contributed by atoms with Crippen LogP contribution < -0.4 is 15.6 Å². The van der Waals surface area contributed by atoms with E-state index in [1.807, 2.05) is 13.1 Å². The molecule has 66 heavy (non-hydrogen) atoms. The third kappa shape index (κ3) is 10.5. The summed E-state index contributed by atoms with van der Waals surface area (Å²) in [7, 11) is 3.90. The summed E-state index contributed by atoms with van der Waals surface area (Å²) >= 11 is 1.60. The number of fused-ring (bicyclic) bond motifs is 1. The Bertz CT molecular complexity index is 2220. The van der Waals surface area contributed by atoms with E-state index in [1.165, 1.54) is 5.56 Å². The second-order valence-corrected chi connectivity index (χ2v) is 20.6. The minimum Gasteiger partial charge on any atom is -0.467 e. The number of thioether (sulfide) groups is 1. The number of aliphatic imine (C=N–C) groups is 1. The molecular formula is C50H72N8O7S. The lowest BCUT2D eigenvalue weighted by Gasteiger charge is -2.34. The molecule has 0 radical (unpaired) electrons. The number of hydrogen-bond donors (Lipinski definition) is 2. The molecule has 360 valence electrons. The Morgan fingerprint density at radius 2 is 1.82 bits per heavy atom. The predicted molar refractivity (Wildman–Crippen MR) is 260 cm³/mol. The number of anilines is 1. The van der Waals surface area contributed by atoms with Gasteiger partial charge in [-0.05, 0) is 108 Å². The Kier molecular flexibility index (Phi) is 15.5. The fourth-order valence-corrected chi connectivity index (χ4v) is 11.3. The van der Waals surface area contributed by atoms with E-state index < -0.39 is 12.1 Å². The molecule has 4 fully saturated rings. The number of benzene rings is 1. The molecule has 0 bridgehead atoms. The number of amides is 2. The van der Waals surface area contributed by atoms with Crippen LogP contribution in [0.25, 0.3) is 22.2 Å². The number of nitrogens with one attached hydrogen (secondary N) is 2. The van der Waals surface area contributed by atoms with Gasteiger partial charge in [-0.3, -0.25) is 29.4 Å². The normalized spacial score (nSPS) is 24.3. The summed E-state index contributed by atoms with van der Waals surface area (Å²) in [5, 5.41) is 6.65. The average Bonchev–Trinajstić information content (AvgIpc) is 4.10. The van der Waals surface area contributed by atoms with Crippen molar-refractivity contribution in [3.63, 3.8) is 0 Å². The van der Waals surface area contributed by atoms with Gasteiger partial charge in [0.2, 0.25) is 5.91 Å². The van der Waals surface area contributed by atoms with Crippen LogP contribution in [0, 0.1) is 23.2 Å². The van der Waals surface area contributed by atoms with Crippen molar-refractivity contribution in [1.29, 1.82) is 0 Å². The molecule has 16 heteroatoms. The molecule has 0 spiro atoms. The van der Waals surface area contributed by atoms with Crippen molar-refractivity contribution in [3.05, 3.63) is 47.3 Å². The lowest BCUT2D eigenvalue weighted by Crippen LogP contribution is -2.61. The number of rotatable bonds is 21. The van der Waals surface area contributed by atoms with Crippen LogP contribution in [0.15, 0.2) is 35.5 Å². The first-order chi connectivity index (χ1) is 31.9. The second-order valence-electron chi connectivity index (χ2n) is 19.6. The first kappa shape index (κ1) is 48.4. The van der Waals surface area contributed by atoms with Crippen molar-refractivity contribution in [2.45, 2.75) is 111 Å². The highest BCUT2D eigenvalue weighted by atomic mass is 32.2. The molecule has 3 aliphatic heterocycles. The van der Waals surface area contributed by atoms with E-state index in [1.54, 1.807) is 23.9 Å². The molecule has 2 aromatic heterocycles. The van der Waals surface area contributed by atoms with Gasteiger partial charge < -0.3 is 38.6 Å². The van der Waals surface area contributed by atoms with Gasteiger partial charge in [-0.15, -0.1) is 11.8 Å². The molecule has 2 saturated carbocycles. The number of piperazine rings is 1. The summed E-state index contributed by atoms with van der Waals surface area (Å²) in [6.07, 6.45) is 5.54. The number of pyridine rings is 1. The van der Waals surface area contributed by atoms with Crippen LogP contribution in [-0.4, -0.2) is 140 Å². The molecule has 2 saturated heterocycles. The average molecular weight is 929 g/mol. The summed E-state index contributed by atoms with van der Waals surface area (Å²) in [6.45, 7) is 19.7. The number of methoxy groups -OCH3 is 1. The van der Waals surface area contributed by atoms with Gasteiger partial charge >= 0.3 is 0 Å². The smallest absolute Gasteiger partial charge is 0.293 e. The summed E-state index contributed by atoms with van der Waals surface area (Å²) in [4.78, 5) is 55.0. The first-order valence-electron chi connectivity index (χ1n) is 24.3. The lowest BCUT2D eigenvalue weighted by molar-refractivity contribution is -0.143. The quantitative estimate of drug-likeness (QED) is 0.117. The van der Waals surface area contributed by atoms with Gasteiger partial charge in [-0.1, -0.05) is 19.9 Å². The van der Waals surface area contributed by atoms with Gasteiger partial charge in [0.05, 0.1) is 54.7 Å². The monoisotopic (exact) mass is 929 g/mol. The van der Waals surface area contributed by atoms with Gasteiger partial charge in [0, 0.05) is 93.1 Å². The Labute approximate surface area is 395 Å². The second kappa shape index (κ2) is 21.1. The Hall–Kier alpha value is -4.06. The minimum atomic E-state index is -0.922. The van der Waals surface area contributed by atoms with Gasteiger partial charge in [0.15, 0.2) is 0 Å². The molecule has 15 nitrogen and oxygen atoms in total. The maximum atomic E-state index is 14.4. The van der Waals surface area contributed by atoms with Gasteiger partial charge in [0.25, 0.3) is 12.4 Å². The number of carbonyl (C=O) groups is 3. The molecule has 1 unspecified atom stereocenters. The van der Waals surface area contributed by atoms with Crippen molar-refractivity contribution in [2.75, 3.05) is 83.9 Å². The van der Waals surface area contributed by atoms with Crippen LogP contribution in [0.1, 0.15) is 96.2 Å². The Morgan fingerprint density at radius 3 is 2.47 bits per heavy atom. The molecule has 1 aromatic carbocycles. The first-order valence-corrected chi connectivity index (χ1v) is 25.3. The Morgan fingerprint density at radius 1 is 1.05 bits per heavy atom. The van der Waals surface area contributed by atoms with Crippen molar-refractivity contribution >= 4 is 51.7 Å². The molecule has 7 atom stereocenters. The number of hydrogen-bond acceptors (Lipinski definition) is 13. The SMILES string of the molecule is CCO[C@H](C1=NC(c2ccc3c(c2)c(CC2(COC=O)CC2)c(-c2cc(N4CCN(C)CC4)cnc2[C@H](C)OC)n3CCOC(C)C)CS1)[C@H](NC(=O)[C@H]1[C@H](C)[C@@H]1C)C(=O)N1CCCCN1. The van der Waals surface area contributed by atoms with Crippen LogP contribution >= 0.6 is 11.8 Å². The van der Waals surface area contributed by atoms with Gasteiger partial charge in [0.1, 0.15) is 17.2 Å². The fraction of sp³-hybridized carbons (Fsp3) is 0.660. The number of likely N-dealkylation sites (N-methyl/N-ethyl adjacent to an activating group) is 1. The largest absolute Gasteiger partial charge is 0.467 e. The van der Waals surface area contributed by atoms with E-state index >= 15 is 0 Å². The molecule has 5 heterocycles. The van der Waals surface area contributed by atoms with E-state index in [-0.39, 0.29) is 53.2 Å². The number of aromatic nitrogens is 2. The van der Waals surface area contributed by atoms with Crippen molar-refractivity contribution in [2.24, 2.45) is 28.2 Å². The summed E-state index contributed by atoms with van der Waals surface area (Å²) < 4.78 is 26.6. The van der Waals surface area contributed by atoms with Gasteiger partial charge in [-0.25, -0.2) is 5.43 Å². The van der Waals surface area contributed by atoms with E-state index in [0.717, 1.165) is 91.0 Å². The number of carbonyl (C=O) groups excluding carboxylic acids is 3. The summed E-state index contributed by atoms with van der Waals surface area (Å²) in [5.41, 5.74) is 10.4. The maximum absolute atomic E-state index is 14.4. The zero-order valence-electron chi connectivity index (χ0n) is 40.3. The Balaban J connectivity index is 1.23. The highest BCUT2D eigenvalue weighted by Crippen LogP contribution is 2.52. The molecule has 2 N–H and O–H groups in total. The van der Waals surface area contributed by atoms with Gasteiger partial charge in [-0.2, -0.15) is 0 Å². The minimum absolute atomic E-state index is 0.0652. The topological polar surface area (TPSA) is 152 Å². The predicted octanol–water partition coefficient (Wildman–Crippen LogP) is 6.19. The van der Waals surface area contributed by atoms with Crippen LogP contribution in [0.4, 0.5) is 5.69 Å². The lowest BCUT2D eigenvalue weighted by atomic mass is 9.91. The van der Waals surface area contributed by atoms with Crippen LogP contribution in [0.3, 0.4) is 0 Å². The van der Waals surface area contributed by atoms with E-state index in [9.17, 15) is 14.4 Å². The highest BCUT2D eigenvalue weighted by Gasteiger charge is 2.50. The standard InChI is InChI=1S/C50H72N8O7S/c1-9-64-46(44(49(61)58-17-11-10-16-52-58)54-47(60)42-32(4)33(42)5)48-53-40(28-66-48)35-12-13-41-37(24-35)39(26-50(14-15-50)29-63-30-59)45(57(41)22-23-65-31(2)3)38-25-36(27-51-43(38)34(6)62-8)56-20-18-55(7)19-21-56/h12-13,24-25,27,30-34,40,42,44,46,52H,9-11,14-23,26,28-29H2,1-8H3,(H,54,60)/t32-,33+,34-,40?,42+,44-,46-/m0/s1. The van der Waals surface area contributed by atoms with Crippen LogP contribution in [0.5, 0.6) is 0 Å². The van der Waals surface area contributed by atoms with Crippen molar-refractivity contribution < 1.29 is 33.3 Å². The third-order valence-electron chi connectivity index (χ3n) is 14.7. The number of nitrogens with zero attached hydrogens (tertiary/aromatic N) is 6. The van der Waals surface area contributed by atoms with E-state index in [2.05, 4.69) is 91.0 Å². The zero-order chi connectivity index (χ0) is 46.7. The zero-order valence-corrected chi connectivity index (χ0v) is 41.2. The molecule has 2 amide bonds. The molecule has 8 rings (SSSR count). The molecular weight excluding hydrogens is 857 g/mol.